The van der Waals surface area contributed by atoms with Crippen LogP contribution in [0.5, 0.6) is 0 Å². The molecule has 2 heterocycles. The Balaban J connectivity index is 1.56. The Kier molecular flexibility index (Phi) is 5.68. The van der Waals surface area contributed by atoms with E-state index in [1.54, 1.807) is 42.5 Å². The number of nitrogens with one attached hydrogen (secondary N) is 3. The number of para-hydroxylation sites is 1. The summed E-state index contributed by atoms with van der Waals surface area (Å²) in [6.45, 7) is 0.0253. The molecular formula is C19H17N3O5. The lowest BCUT2D eigenvalue weighted by atomic mass is 10.1. The summed E-state index contributed by atoms with van der Waals surface area (Å²) in [5.74, 6) is -0.588. The Morgan fingerprint density at radius 2 is 1.59 bits per heavy atom. The highest BCUT2D eigenvalue weighted by molar-refractivity contribution is 6.08. The minimum absolute atomic E-state index is 0.127. The Morgan fingerprint density at radius 1 is 0.815 bits per heavy atom. The van der Waals surface area contributed by atoms with Gasteiger partial charge in [0.05, 0.1) is 36.9 Å². The van der Waals surface area contributed by atoms with Crippen LogP contribution in [-0.4, -0.2) is 24.3 Å². The molecule has 0 fully saturated rings. The Hall–Kier alpha value is -3.81. The fourth-order valence-corrected chi connectivity index (χ4v) is 2.30. The predicted octanol–water partition coefficient (Wildman–Crippen LogP) is 2.17. The molecule has 0 bridgehead atoms. The van der Waals surface area contributed by atoms with Crippen LogP contribution >= 0.6 is 0 Å². The molecule has 0 aliphatic rings. The van der Waals surface area contributed by atoms with Crippen molar-refractivity contribution in [2.45, 2.75) is 6.54 Å². The number of amides is 3. The number of rotatable bonds is 7. The zero-order valence-electron chi connectivity index (χ0n) is 14.2. The molecule has 3 aromatic rings. The molecule has 8 heteroatoms. The van der Waals surface area contributed by atoms with Crippen LogP contribution in [0.15, 0.2) is 69.9 Å². The van der Waals surface area contributed by atoms with Gasteiger partial charge in [0.15, 0.2) is 5.76 Å². The van der Waals surface area contributed by atoms with Gasteiger partial charge in [-0.15, -0.1) is 0 Å². The van der Waals surface area contributed by atoms with Gasteiger partial charge in [-0.3, -0.25) is 14.4 Å². The molecule has 0 unspecified atom stereocenters. The van der Waals surface area contributed by atoms with Crippen LogP contribution in [0.2, 0.25) is 0 Å². The first-order valence-electron chi connectivity index (χ1n) is 8.14. The average Bonchev–Trinajstić information content (AvgIpc) is 3.38. The number of hydrogen-bond donors (Lipinski definition) is 3. The van der Waals surface area contributed by atoms with Crippen molar-refractivity contribution in [2.24, 2.45) is 0 Å². The Bertz CT molecular complexity index is 917. The van der Waals surface area contributed by atoms with Crippen molar-refractivity contribution in [1.82, 2.24) is 10.6 Å². The normalized spacial score (nSPS) is 10.2. The van der Waals surface area contributed by atoms with Gasteiger partial charge in [-0.25, -0.2) is 0 Å². The van der Waals surface area contributed by atoms with Gasteiger partial charge in [-0.2, -0.15) is 0 Å². The highest BCUT2D eigenvalue weighted by atomic mass is 16.3. The van der Waals surface area contributed by atoms with Gasteiger partial charge in [0, 0.05) is 0 Å². The molecule has 0 aliphatic heterocycles. The summed E-state index contributed by atoms with van der Waals surface area (Å²) < 4.78 is 10.1. The third-order valence-corrected chi connectivity index (χ3v) is 3.61. The highest BCUT2D eigenvalue weighted by Gasteiger charge is 2.16. The number of carbonyl (C=O) groups is 3. The second kappa shape index (κ2) is 8.52. The predicted molar refractivity (Wildman–Crippen MR) is 96.0 cm³/mol. The van der Waals surface area contributed by atoms with Crippen molar-refractivity contribution in [1.29, 1.82) is 0 Å². The molecular weight excluding hydrogens is 350 g/mol. The number of anilines is 1. The van der Waals surface area contributed by atoms with Crippen LogP contribution in [0.4, 0.5) is 5.69 Å². The largest absolute Gasteiger partial charge is 0.467 e. The first kappa shape index (κ1) is 18.0. The molecule has 2 aromatic heterocycles. The Morgan fingerprint density at radius 3 is 2.33 bits per heavy atom. The van der Waals surface area contributed by atoms with Crippen molar-refractivity contribution in [3.63, 3.8) is 0 Å². The van der Waals surface area contributed by atoms with Gasteiger partial charge < -0.3 is 24.8 Å². The molecule has 3 amide bonds. The summed E-state index contributed by atoms with van der Waals surface area (Å²) >= 11 is 0. The average molecular weight is 367 g/mol. The SMILES string of the molecule is O=C(CNC(=O)c1ccccc1NC(=O)c1ccco1)NCc1ccco1. The van der Waals surface area contributed by atoms with Gasteiger partial charge in [-0.05, 0) is 36.4 Å². The van der Waals surface area contributed by atoms with Crippen molar-refractivity contribution in [3.8, 4) is 0 Å². The van der Waals surface area contributed by atoms with Crippen molar-refractivity contribution in [3.05, 3.63) is 78.1 Å². The zero-order chi connectivity index (χ0) is 19.1. The lowest BCUT2D eigenvalue weighted by Crippen LogP contribution is -2.36. The maximum atomic E-state index is 12.4. The summed E-state index contributed by atoms with van der Waals surface area (Å²) in [7, 11) is 0. The smallest absolute Gasteiger partial charge is 0.291 e. The molecule has 1 aromatic carbocycles. The molecule has 0 saturated carbocycles. The standard InChI is InChI=1S/C19H17N3O5/c23-17(20-11-13-5-3-9-26-13)12-21-18(24)14-6-1-2-7-15(14)22-19(25)16-8-4-10-27-16/h1-10H,11-12H2,(H,20,23)(H,21,24)(H,22,25). The molecule has 3 rings (SSSR count). The van der Waals surface area contributed by atoms with E-state index in [2.05, 4.69) is 16.0 Å². The van der Waals surface area contributed by atoms with Crippen molar-refractivity contribution >= 4 is 23.4 Å². The summed E-state index contributed by atoms with van der Waals surface area (Å²) in [6.07, 6.45) is 2.89. The van der Waals surface area contributed by atoms with E-state index in [1.165, 1.54) is 18.6 Å². The fraction of sp³-hybridized carbons (Fsp3) is 0.105. The second-order valence-electron chi connectivity index (χ2n) is 5.52. The van der Waals surface area contributed by atoms with E-state index in [4.69, 9.17) is 8.83 Å². The van der Waals surface area contributed by atoms with E-state index < -0.39 is 11.8 Å². The molecule has 8 nitrogen and oxygen atoms in total. The second-order valence-corrected chi connectivity index (χ2v) is 5.52. The van der Waals surface area contributed by atoms with E-state index >= 15 is 0 Å². The third-order valence-electron chi connectivity index (χ3n) is 3.61. The van der Waals surface area contributed by atoms with Gasteiger partial charge in [0.1, 0.15) is 5.76 Å². The first-order chi connectivity index (χ1) is 13.1. The summed E-state index contributed by atoms with van der Waals surface area (Å²) in [5.41, 5.74) is 0.545. The van der Waals surface area contributed by atoms with E-state index in [-0.39, 0.29) is 30.3 Å². The van der Waals surface area contributed by atoms with Gasteiger partial charge in [0.25, 0.3) is 11.8 Å². The maximum Gasteiger partial charge on any atom is 0.291 e. The summed E-state index contributed by atoms with van der Waals surface area (Å²) in [6, 6.07) is 13.0. The highest BCUT2D eigenvalue weighted by Crippen LogP contribution is 2.16. The topological polar surface area (TPSA) is 114 Å². The van der Waals surface area contributed by atoms with Gasteiger partial charge in [-0.1, -0.05) is 12.1 Å². The first-order valence-corrected chi connectivity index (χ1v) is 8.14. The van der Waals surface area contributed by atoms with Crippen LogP contribution in [0, 0.1) is 0 Å². The summed E-state index contributed by atoms with van der Waals surface area (Å²) in [5, 5.41) is 7.77. The van der Waals surface area contributed by atoms with Crippen LogP contribution in [0.25, 0.3) is 0 Å². The van der Waals surface area contributed by atoms with Crippen LogP contribution in [-0.2, 0) is 11.3 Å². The van der Waals surface area contributed by atoms with Crippen molar-refractivity contribution < 1.29 is 23.2 Å². The monoisotopic (exact) mass is 367 g/mol. The van der Waals surface area contributed by atoms with E-state index in [9.17, 15) is 14.4 Å². The minimum atomic E-state index is -0.488. The maximum absolute atomic E-state index is 12.4. The molecule has 0 radical (unpaired) electrons. The molecule has 0 atom stereocenters. The number of carbonyl (C=O) groups excluding carboxylic acids is 3. The lowest BCUT2D eigenvalue weighted by molar-refractivity contribution is -0.120. The molecule has 3 N–H and O–H groups in total. The minimum Gasteiger partial charge on any atom is -0.467 e. The third kappa shape index (κ3) is 4.85. The fourth-order valence-electron chi connectivity index (χ4n) is 2.30. The number of hydrogen-bond acceptors (Lipinski definition) is 5. The van der Waals surface area contributed by atoms with Gasteiger partial charge >= 0.3 is 0 Å². The zero-order valence-corrected chi connectivity index (χ0v) is 14.2. The number of benzene rings is 1. The van der Waals surface area contributed by atoms with Crippen LogP contribution < -0.4 is 16.0 Å². The number of furan rings is 2. The molecule has 0 aliphatic carbocycles. The van der Waals surface area contributed by atoms with Crippen LogP contribution in [0.1, 0.15) is 26.7 Å². The molecule has 27 heavy (non-hydrogen) atoms. The van der Waals surface area contributed by atoms with E-state index in [0.29, 0.717) is 11.4 Å². The summed E-state index contributed by atoms with van der Waals surface area (Å²) in [4.78, 5) is 36.3. The Labute approximate surface area is 154 Å². The van der Waals surface area contributed by atoms with Crippen molar-refractivity contribution in [2.75, 3.05) is 11.9 Å². The quantitative estimate of drug-likeness (QED) is 0.592. The van der Waals surface area contributed by atoms with E-state index in [1.807, 2.05) is 0 Å². The van der Waals surface area contributed by atoms with Crippen LogP contribution in [0.3, 0.4) is 0 Å². The van der Waals surface area contributed by atoms with Gasteiger partial charge in [0.2, 0.25) is 5.91 Å². The molecule has 0 saturated heterocycles. The lowest BCUT2D eigenvalue weighted by Gasteiger charge is -2.11. The molecule has 138 valence electrons. The van der Waals surface area contributed by atoms with E-state index in [0.717, 1.165) is 0 Å². The molecule has 0 spiro atoms.